The van der Waals surface area contributed by atoms with Crippen molar-refractivity contribution < 1.29 is 0 Å². The standard InChI is InChI=1S/C19H39IN2/c1-16(2)21-13-9-18(8-12-20)6-5-7-19-10-14-22(15-11-19)17(3)4/h16-19,21H,5-15H2,1-4H3. The van der Waals surface area contributed by atoms with Crippen LogP contribution in [0.4, 0.5) is 0 Å². The number of halogens is 1. The first kappa shape index (κ1) is 20.7. The third-order valence-corrected chi connectivity index (χ3v) is 5.85. The number of rotatable bonds is 11. The number of nitrogens with zero attached hydrogens (tertiary/aromatic N) is 1. The monoisotopic (exact) mass is 422 g/mol. The summed E-state index contributed by atoms with van der Waals surface area (Å²) in [6.45, 7) is 13.0. The van der Waals surface area contributed by atoms with Crippen LogP contribution >= 0.6 is 22.6 Å². The molecule has 1 unspecified atom stereocenters. The van der Waals surface area contributed by atoms with E-state index in [1.165, 1.54) is 69.0 Å². The van der Waals surface area contributed by atoms with Gasteiger partial charge in [-0.3, -0.25) is 0 Å². The first-order valence-electron chi connectivity index (χ1n) is 9.56. The van der Waals surface area contributed by atoms with E-state index in [-0.39, 0.29) is 0 Å². The summed E-state index contributed by atoms with van der Waals surface area (Å²) in [6, 6.07) is 1.37. The van der Waals surface area contributed by atoms with Gasteiger partial charge in [-0.2, -0.15) is 0 Å². The van der Waals surface area contributed by atoms with Crippen molar-refractivity contribution in [3.8, 4) is 0 Å². The van der Waals surface area contributed by atoms with Crippen LogP contribution < -0.4 is 5.32 Å². The van der Waals surface area contributed by atoms with Crippen LogP contribution in [-0.2, 0) is 0 Å². The normalized spacial score (nSPS) is 19.2. The molecule has 1 fully saturated rings. The van der Waals surface area contributed by atoms with E-state index in [4.69, 9.17) is 0 Å². The van der Waals surface area contributed by atoms with Gasteiger partial charge in [-0.1, -0.05) is 55.7 Å². The molecule has 1 aliphatic rings. The fraction of sp³-hybridized carbons (Fsp3) is 1.00. The maximum atomic E-state index is 3.58. The lowest BCUT2D eigenvalue weighted by molar-refractivity contribution is 0.143. The molecule has 2 nitrogen and oxygen atoms in total. The number of nitrogens with one attached hydrogen (secondary N) is 1. The second-order valence-corrected chi connectivity index (χ2v) is 8.82. The SMILES string of the molecule is CC(C)NCCC(CCI)CCCC1CCN(C(C)C)CC1. The molecule has 132 valence electrons. The Kier molecular flexibility index (Phi) is 11.4. The van der Waals surface area contributed by atoms with Crippen molar-refractivity contribution in [1.82, 2.24) is 10.2 Å². The van der Waals surface area contributed by atoms with Crippen LogP contribution in [0.25, 0.3) is 0 Å². The van der Waals surface area contributed by atoms with Gasteiger partial charge in [0.1, 0.15) is 0 Å². The maximum absolute atomic E-state index is 3.58. The minimum atomic E-state index is 0.631. The number of hydrogen-bond donors (Lipinski definition) is 1. The molecule has 1 atom stereocenters. The molecular weight excluding hydrogens is 383 g/mol. The second kappa shape index (κ2) is 12.1. The molecule has 1 rings (SSSR count). The van der Waals surface area contributed by atoms with Crippen molar-refractivity contribution in [3.05, 3.63) is 0 Å². The molecule has 0 aromatic rings. The highest BCUT2D eigenvalue weighted by atomic mass is 127. The highest BCUT2D eigenvalue weighted by molar-refractivity contribution is 14.1. The van der Waals surface area contributed by atoms with E-state index in [0.29, 0.717) is 6.04 Å². The lowest BCUT2D eigenvalue weighted by Gasteiger charge is -2.34. The molecule has 0 aliphatic carbocycles. The zero-order valence-corrected chi connectivity index (χ0v) is 17.6. The Morgan fingerprint density at radius 2 is 1.73 bits per heavy atom. The lowest BCUT2D eigenvalue weighted by atomic mass is 9.88. The Morgan fingerprint density at radius 3 is 2.27 bits per heavy atom. The minimum Gasteiger partial charge on any atom is -0.315 e. The van der Waals surface area contributed by atoms with E-state index in [1.807, 2.05) is 0 Å². The van der Waals surface area contributed by atoms with Crippen molar-refractivity contribution in [2.24, 2.45) is 11.8 Å². The molecule has 0 spiro atoms. The van der Waals surface area contributed by atoms with E-state index < -0.39 is 0 Å². The van der Waals surface area contributed by atoms with Gasteiger partial charge < -0.3 is 10.2 Å². The molecular formula is C19H39IN2. The molecule has 0 aromatic heterocycles. The van der Waals surface area contributed by atoms with Crippen molar-refractivity contribution in [2.45, 2.75) is 84.7 Å². The second-order valence-electron chi connectivity index (χ2n) is 7.75. The highest BCUT2D eigenvalue weighted by Crippen LogP contribution is 2.26. The summed E-state index contributed by atoms with van der Waals surface area (Å²) in [6.07, 6.45) is 10.0. The Morgan fingerprint density at radius 1 is 1.05 bits per heavy atom. The smallest absolute Gasteiger partial charge is 0.00385 e. The van der Waals surface area contributed by atoms with Gasteiger partial charge >= 0.3 is 0 Å². The van der Waals surface area contributed by atoms with Gasteiger partial charge in [-0.15, -0.1) is 0 Å². The zero-order valence-electron chi connectivity index (χ0n) is 15.4. The Bertz CT molecular complexity index is 260. The molecule has 1 N–H and O–H groups in total. The van der Waals surface area contributed by atoms with E-state index in [9.17, 15) is 0 Å². The third-order valence-electron chi connectivity index (χ3n) is 5.23. The van der Waals surface area contributed by atoms with Crippen molar-refractivity contribution in [1.29, 1.82) is 0 Å². The summed E-state index contributed by atoms with van der Waals surface area (Å²) >= 11 is 2.55. The highest BCUT2D eigenvalue weighted by Gasteiger charge is 2.20. The predicted octanol–water partition coefficient (Wildman–Crippen LogP) is 5.11. The van der Waals surface area contributed by atoms with Gasteiger partial charge in [0.15, 0.2) is 0 Å². The molecule has 1 heterocycles. The largest absolute Gasteiger partial charge is 0.315 e. The first-order valence-corrected chi connectivity index (χ1v) is 11.1. The Hall–Kier alpha value is 0.650. The van der Waals surface area contributed by atoms with Gasteiger partial charge in [0.25, 0.3) is 0 Å². The summed E-state index contributed by atoms with van der Waals surface area (Å²) in [5.41, 5.74) is 0. The van der Waals surface area contributed by atoms with Gasteiger partial charge in [0.2, 0.25) is 0 Å². The molecule has 1 saturated heterocycles. The van der Waals surface area contributed by atoms with Crippen LogP contribution in [0.15, 0.2) is 0 Å². The molecule has 0 radical (unpaired) electrons. The van der Waals surface area contributed by atoms with Crippen LogP contribution in [0.3, 0.4) is 0 Å². The summed E-state index contributed by atoms with van der Waals surface area (Å²) in [5.74, 6) is 1.95. The summed E-state index contributed by atoms with van der Waals surface area (Å²) < 4.78 is 1.32. The van der Waals surface area contributed by atoms with Crippen LogP contribution in [0.1, 0.15) is 72.6 Å². The molecule has 1 aliphatic heterocycles. The first-order chi connectivity index (χ1) is 10.5. The number of alkyl halides is 1. The Balaban J connectivity index is 2.14. The van der Waals surface area contributed by atoms with Gasteiger partial charge in [0.05, 0.1) is 0 Å². The number of likely N-dealkylation sites (tertiary alicyclic amines) is 1. The zero-order chi connectivity index (χ0) is 16.4. The fourth-order valence-corrected chi connectivity index (χ4v) is 4.50. The van der Waals surface area contributed by atoms with Crippen molar-refractivity contribution >= 4 is 22.6 Å². The van der Waals surface area contributed by atoms with Crippen molar-refractivity contribution in [2.75, 3.05) is 24.1 Å². The third kappa shape index (κ3) is 9.07. The topological polar surface area (TPSA) is 15.3 Å². The minimum absolute atomic E-state index is 0.631. The van der Waals surface area contributed by atoms with Crippen LogP contribution in [0, 0.1) is 11.8 Å². The molecule has 0 saturated carbocycles. The average Bonchev–Trinajstić information content (AvgIpc) is 2.47. The quantitative estimate of drug-likeness (QED) is 0.368. The van der Waals surface area contributed by atoms with E-state index in [0.717, 1.165) is 17.9 Å². The maximum Gasteiger partial charge on any atom is 0.00385 e. The molecule has 0 amide bonds. The lowest BCUT2D eigenvalue weighted by Crippen LogP contribution is -2.38. The molecule has 22 heavy (non-hydrogen) atoms. The van der Waals surface area contributed by atoms with Gasteiger partial charge in [-0.25, -0.2) is 0 Å². The molecule has 0 aromatic carbocycles. The summed E-state index contributed by atoms with van der Waals surface area (Å²) in [7, 11) is 0. The number of piperidine rings is 1. The summed E-state index contributed by atoms with van der Waals surface area (Å²) in [5, 5.41) is 3.58. The van der Waals surface area contributed by atoms with Gasteiger partial charge in [0, 0.05) is 12.1 Å². The van der Waals surface area contributed by atoms with Crippen LogP contribution in [-0.4, -0.2) is 41.0 Å². The Labute approximate surface area is 153 Å². The average molecular weight is 422 g/mol. The molecule has 3 heteroatoms. The van der Waals surface area contributed by atoms with E-state index in [2.05, 4.69) is 60.5 Å². The van der Waals surface area contributed by atoms with Crippen LogP contribution in [0.2, 0.25) is 0 Å². The van der Waals surface area contributed by atoms with Crippen LogP contribution in [0.5, 0.6) is 0 Å². The predicted molar refractivity (Wildman–Crippen MR) is 108 cm³/mol. The van der Waals surface area contributed by atoms with Gasteiger partial charge in [-0.05, 0) is 75.4 Å². The van der Waals surface area contributed by atoms with E-state index >= 15 is 0 Å². The fourth-order valence-electron chi connectivity index (χ4n) is 3.62. The summed E-state index contributed by atoms with van der Waals surface area (Å²) in [4.78, 5) is 2.65. The number of hydrogen-bond acceptors (Lipinski definition) is 2. The van der Waals surface area contributed by atoms with Crippen molar-refractivity contribution in [3.63, 3.8) is 0 Å². The van der Waals surface area contributed by atoms with E-state index in [1.54, 1.807) is 0 Å². The molecule has 0 bridgehead atoms.